The molecule has 2 aromatic carbocycles. The summed E-state index contributed by atoms with van der Waals surface area (Å²) in [4.78, 5) is 2.69. The van der Waals surface area contributed by atoms with Gasteiger partial charge in [0.2, 0.25) is 0 Å². The van der Waals surface area contributed by atoms with Gasteiger partial charge < -0.3 is 5.32 Å². The van der Waals surface area contributed by atoms with Gasteiger partial charge in [-0.15, -0.1) is 0 Å². The van der Waals surface area contributed by atoms with E-state index in [1.807, 2.05) is 0 Å². The zero-order valence-electron chi connectivity index (χ0n) is 16.2. The zero-order valence-corrected chi connectivity index (χ0v) is 16.2. The van der Waals surface area contributed by atoms with Crippen LogP contribution in [-0.4, -0.2) is 24.5 Å². The summed E-state index contributed by atoms with van der Waals surface area (Å²) >= 11 is 0. The maximum absolute atomic E-state index is 3.47. The van der Waals surface area contributed by atoms with Crippen molar-refractivity contribution in [3.63, 3.8) is 0 Å². The SMILES string of the molecule is CNC[C@H](CC1CCCCC1)N(Cc1ccccc1)Cc1ccccc1. The number of likely N-dealkylation sites (N-methyl/N-ethyl adjacent to an activating group) is 1. The van der Waals surface area contributed by atoms with E-state index in [-0.39, 0.29) is 0 Å². The predicted molar refractivity (Wildman–Crippen MR) is 111 cm³/mol. The van der Waals surface area contributed by atoms with Gasteiger partial charge in [-0.3, -0.25) is 4.90 Å². The van der Waals surface area contributed by atoms with Crippen molar-refractivity contribution in [3.8, 4) is 0 Å². The van der Waals surface area contributed by atoms with Gasteiger partial charge in [0, 0.05) is 25.7 Å². The Morgan fingerprint density at radius 2 is 1.38 bits per heavy atom. The van der Waals surface area contributed by atoms with Crippen molar-refractivity contribution in [2.45, 2.75) is 57.7 Å². The van der Waals surface area contributed by atoms with Crippen molar-refractivity contribution in [1.29, 1.82) is 0 Å². The molecule has 2 nitrogen and oxygen atoms in total. The van der Waals surface area contributed by atoms with Crippen molar-refractivity contribution in [1.82, 2.24) is 10.2 Å². The maximum Gasteiger partial charge on any atom is 0.0240 e. The molecule has 0 saturated heterocycles. The van der Waals surface area contributed by atoms with Crippen LogP contribution in [0.25, 0.3) is 0 Å². The van der Waals surface area contributed by atoms with Gasteiger partial charge in [0.05, 0.1) is 0 Å². The highest BCUT2D eigenvalue weighted by atomic mass is 15.2. The van der Waals surface area contributed by atoms with Gasteiger partial charge >= 0.3 is 0 Å². The largest absolute Gasteiger partial charge is 0.318 e. The first-order valence-electron chi connectivity index (χ1n) is 10.3. The minimum Gasteiger partial charge on any atom is -0.318 e. The lowest BCUT2D eigenvalue weighted by atomic mass is 9.84. The van der Waals surface area contributed by atoms with E-state index in [0.29, 0.717) is 6.04 Å². The highest BCUT2D eigenvalue weighted by Crippen LogP contribution is 2.29. The molecule has 0 aromatic heterocycles. The first kappa shape index (κ1) is 19.1. The van der Waals surface area contributed by atoms with E-state index in [9.17, 15) is 0 Å². The van der Waals surface area contributed by atoms with Crippen LogP contribution in [0.2, 0.25) is 0 Å². The van der Waals surface area contributed by atoms with E-state index in [1.165, 1.54) is 49.7 Å². The van der Waals surface area contributed by atoms with Crippen LogP contribution >= 0.6 is 0 Å². The van der Waals surface area contributed by atoms with Crippen molar-refractivity contribution >= 4 is 0 Å². The molecule has 0 radical (unpaired) electrons. The summed E-state index contributed by atoms with van der Waals surface area (Å²) in [6, 6.07) is 22.5. The fourth-order valence-electron chi connectivity index (χ4n) is 4.35. The third-order valence-electron chi connectivity index (χ3n) is 5.74. The van der Waals surface area contributed by atoms with Crippen molar-refractivity contribution in [3.05, 3.63) is 71.8 Å². The molecule has 26 heavy (non-hydrogen) atoms. The molecule has 0 spiro atoms. The highest BCUT2D eigenvalue weighted by molar-refractivity contribution is 5.17. The maximum atomic E-state index is 3.47. The topological polar surface area (TPSA) is 15.3 Å². The molecule has 0 unspecified atom stereocenters. The van der Waals surface area contributed by atoms with Gasteiger partial charge in [-0.25, -0.2) is 0 Å². The Hall–Kier alpha value is -1.64. The lowest BCUT2D eigenvalue weighted by molar-refractivity contribution is 0.139. The molecule has 1 saturated carbocycles. The van der Waals surface area contributed by atoms with Crippen LogP contribution in [0, 0.1) is 5.92 Å². The first-order valence-corrected chi connectivity index (χ1v) is 10.3. The van der Waals surface area contributed by atoms with Crippen LogP contribution in [0.15, 0.2) is 60.7 Å². The summed E-state index contributed by atoms with van der Waals surface area (Å²) in [5.74, 6) is 0.899. The van der Waals surface area contributed by atoms with Gasteiger partial charge in [0.1, 0.15) is 0 Å². The summed E-state index contributed by atoms with van der Waals surface area (Å²) in [6.45, 7) is 3.11. The smallest absolute Gasteiger partial charge is 0.0240 e. The number of nitrogens with zero attached hydrogens (tertiary/aromatic N) is 1. The van der Waals surface area contributed by atoms with Crippen molar-refractivity contribution < 1.29 is 0 Å². The average Bonchev–Trinajstić information content (AvgIpc) is 2.70. The molecule has 0 heterocycles. The quantitative estimate of drug-likeness (QED) is 0.665. The fourth-order valence-corrected chi connectivity index (χ4v) is 4.35. The van der Waals surface area contributed by atoms with E-state index in [4.69, 9.17) is 0 Å². The van der Waals surface area contributed by atoms with Crippen LogP contribution in [-0.2, 0) is 13.1 Å². The number of hydrogen-bond acceptors (Lipinski definition) is 2. The van der Waals surface area contributed by atoms with Gasteiger partial charge in [0.15, 0.2) is 0 Å². The molecule has 1 N–H and O–H groups in total. The molecule has 3 rings (SSSR count). The third-order valence-corrected chi connectivity index (χ3v) is 5.74. The first-order chi connectivity index (χ1) is 12.8. The third kappa shape index (κ3) is 5.96. The molecule has 1 aliphatic rings. The Labute approximate surface area is 159 Å². The predicted octanol–water partition coefficient (Wildman–Crippen LogP) is 5.25. The lowest BCUT2D eigenvalue weighted by Gasteiger charge is -2.35. The number of benzene rings is 2. The van der Waals surface area contributed by atoms with E-state index < -0.39 is 0 Å². The van der Waals surface area contributed by atoms with Gasteiger partial charge in [-0.2, -0.15) is 0 Å². The van der Waals surface area contributed by atoms with Crippen LogP contribution in [0.5, 0.6) is 0 Å². The summed E-state index contributed by atoms with van der Waals surface area (Å²) in [5.41, 5.74) is 2.82. The number of hydrogen-bond donors (Lipinski definition) is 1. The monoisotopic (exact) mass is 350 g/mol. The Kier molecular flexibility index (Phi) is 7.72. The average molecular weight is 351 g/mol. The Morgan fingerprint density at radius 3 is 1.88 bits per heavy atom. The van der Waals surface area contributed by atoms with Gasteiger partial charge in [-0.1, -0.05) is 92.8 Å². The molecule has 1 atom stereocenters. The van der Waals surface area contributed by atoms with Crippen molar-refractivity contribution in [2.24, 2.45) is 5.92 Å². The molecule has 0 amide bonds. The Bertz CT molecular complexity index is 563. The molecule has 140 valence electrons. The van der Waals surface area contributed by atoms with E-state index in [1.54, 1.807) is 0 Å². The molecule has 1 aliphatic carbocycles. The minimum atomic E-state index is 0.587. The second-order valence-electron chi connectivity index (χ2n) is 7.83. The molecular weight excluding hydrogens is 316 g/mol. The molecule has 1 fully saturated rings. The van der Waals surface area contributed by atoms with E-state index in [0.717, 1.165) is 25.6 Å². The van der Waals surface area contributed by atoms with Crippen LogP contribution in [0.1, 0.15) is 49.7 Å². The summed E-state index contributed by atoms with van der Waals surface area (Å²) < 4.78 is 0. The highest BCUT2D eigenvalue weighted by Gasteiger charge is 2.24. The molecular formula is C24H34N2. The minimum absolute atomic E-state index is 0.587. The van der Waals surface area contributed by atoms with Crippen molar-refractivity contribution in [2.75, 3.05) is 13.6 Å². The molecule has 2 heteroatoms. The van der Waals surface area contributed by atoms with E-state index >= 15 is 0 Å². The second kappa shape index (κ2) is 10.5. The summed E-state index contributed by atoms with van der Waals surface area (Å²) in [5, 5.41) is 3.47. The zero-order chi connectivity index (χ0) is 18.0. The molecule has 0 aliphatic heterocycles. The van der Waals surface area contributed by atoms with Crippen LogP contribution in [0.3, 0.4) is 0 Å². The number of nitrogens with one attached hydrogen (secondary N) is 1. The fraction of sp³-hybridized carbons (Fsp3) is 0.500. The van der Waals surface area contributed by atoms with E-state index in [2.05, 4.69) is 77.9 Å². The summed E-state index contributed by atoms with van der Waals surface area (Å²) in [6.07, 6.45) is 8.45. The second-order valence-corrected chi connectivity index (χ2v) is 7.83. The Balaban J connectivity index is 1.75. The van der Waals surface area contributed by atoms with Crippen LogP contribution < -0.4 is 5.32 Å². The normalized spacial score (nSPS) is 16.7. The standard InChI is InChI=1S/C24H34N2/c1-25-18-24(17-21-11-5-2-6-12-21)26(19-22-13-7-3-8-14-22)20-23-15-9-4-10-16-23/h3-4,7-10,13-16,21,24-25H,2,5-6,11-12,17-20H2,1H3/t24-/m0/s1. The molecule has 0 bridgehead atoms. The Morgan fingerprint density at radius 1 is 0.846 bits per heavy atom. The van der Waals surface area contributed by atoms with Crippen LogP contribution in [0.4, 0.5) is 0 Å². The van der Waals surface area contributed by atoms with Gasteiger partial charge in [-0.05, 0) is 30.5 Å². The van der Waals surface area contributed by atoms with Gasteiger partial charge in [0.25, 0.3) is 0 Å². The summed E-state index contributed by atoms with van der Waals surface area (Å²) in [7, 11) is 2.09. The number of rotatable bonds is 9. The molecule has 2 aromatic rings. The lowest BCUT2D eigenvalue weighted by Crippen LogP contribution is -2.42.